The molecule has 4 nitrogen and oxygen atoms in total. The number of thioether (sulfide) groups is 1. The summed E-state index contributed by atoms with van der Waals surface area (Å²) in [5.74, 6) is 0.525. The van der Waals surface area contributed by atoms with Crippen molar-refractivity contribution in [3.8, 4) is 5.75 Å². The van der Waals surface area contributed by atoms with E-state index in [4.69, 9.17) is 9.15 Å². The van der Waals surface area contributed by atoms with E-state index in [-0.39, 0.29) is 11.2 Å². The molecule has 0 aliphatic rings. The number of para-hydroxylation sites is 1. The Labute approximate surface area is 161 Å². The van der Waals surface area contributed by atoms with Crippen molar-refractivity contribution in [2.45, 2.75) is 17.1 Å². The maximum atomic E-state index is 12.7. The van der Waals surface area contributed by atoms with Crippen LogP contribution in [0.1, 0.15) is 6.92 Å². The number of nitrogens with one attached hydrogen (secondary N) is 1. The van der Waals surface area contributed by atoms with Crippen molar-refractivity contribution in [3.63, 3.8) is 0 Å². The quantitative estimate of drug-likeness (QED) is 0.452. The van der Waals surface area contributed by atoms with E-state index in [2.05, 4.69) is 5.32 Å². The summed E-state index contributed by atoms with van der Waals surface area (Å²) >= 11 is 1.52. The summed E-state index contributed by atoms with van der Waals surface area (Å²) in [7, 11) is 1.60. The van der Waals surface area contributed by atoms with E-state index in [0.29, 0.717) is 11.4 Å². The molecule has 3 aromatic carbocycles. The minimum atomic E-state index is -0.247. The molecule has 1 atom stereocenters. The average molecular weight is 377 g/mol. The molecule has 0 saturated heterocycles. The Kier molecular flexibility index (Phi) is 4.77. The third kappa shape index (κ3) is 3.51. The van der Waals surface area contributed by atoms with Crippen molar-refractivity contribution in [2.24, 2.45) is 0 Å². The van der Waals surface area contributed by atoms with Crippen molar-refractivity contribution >= 4 is 45.3 Å². The number of furan rings is 1. The summed E-state index contributed by atoms with van der Waals surface area (Å²) in [5, 5.41) is 4.72. The monoisotopic (exact) mass is 377 g/mol. The molecule has 1 N–H and O–H groups in total. The number of carbonyl (C=O) groups excluding carboxylic acids is 1. The van der Waals surface area contributed by atoms with Gasteiger partial charge in [-0.3, -0.25) is 4.79 Å². The van der Waals surface area contributed by atoms with Crippen molar-refractivity contribution in [1.29, 1.82) is 0 Å². The highest BCUT2D eigenvalue weighted by atomic mass is 32.2. The Morgan fingerprint density at radius 3 is 2.52 bits per heavy atom. The molecule has 1 amide bonds. The number of benzene rings is 3. The normalized spacial score (nSPS) is 12.2. The number of methoxy groups -OCH3 is 1. The molecule has 0 fully saturated rings. The van der Waals surface area contributed by atoms with Crippen LogP contribution in [-0.4, -0.2) is 18.3 Å². The molecule has 0 spiro atoms. The molecule has 136 valence electrons. The van der Waals surface area contributed by atoms with Gasteiger partial charge < -0.3 is 14.5 Å². The second-order valence-corrected chi connectivity index (χ2v) is 7.62. The predicted molar refractivity (Wildman–Crippen MR) is 111 cm³/mol. The van der Waals surface area contributed by atoms with Gasteiger partial charge in [0.2, 0.25) is 5.91 Å². The first kappa shape index (κ1) is 17.5. The van der Waals surface area contributed by atoms with E-state index in [1.807, 2.05) is 73.7 Å². The van der Waals surface area contributed by atoms with E-state index >= 15 is 0 Å². The zero-order valence-corrected chi connectivity index (χ0v) is 15.9. The lowest BCUT2D eigenvalue weighted by Gasteiger charge is -2.14. The minimum absolute atomic E-state index is 0.0855. The van der Waals surface area contributed by atoms with Crippen LogP contribution in [0.25, 0.3) is 21.9 Å². The fourth-order valence-electron chi connectivity index (χ4n) is 3.01. The van der Waals surface area contributed by atoms with Crippen molar-refractivity contribution in [1.82, 2.24) is 0 Å². The smallest absolute Gasteiger partial charge is 0.237 e. The Hall–Kier alpha value is -2.92. The molecule has 1 aromatic heterocycles. The lowest BCUT2D eigenvalue weighted by atomic mass is 10.1. The summed E-state index contributed by atoms with van der Waals surface area (Å²) in [5.41, 5.74) is 2.14. The van der Waals surface area contributed by atoms with Gasteiger partial charge in [-0.25, -0.2) is 0 Å². The zero-order valence-electron chi connectivity index (χ0n) is 15.1. The molecule has 0 saturated carbocycles. The Morgan fingerprint density at radius 1 is 1.00 bits per heavy atom. The molecule has 1 heterocycles. The molecule has 5 heteroatoms. The van der Waals surface area contributed by atoms with Gasteiger partial charge in [0.05, 0.1) is 18.0 Å². The number of anilines is 1. The van der Waals surface area contributed by atoms with E-state index in [1.165, 1.54) is 11.8 Å². The second-order valence-electron chi connectivity index (χ2n) is 6.21. The number of ether oxygens (including phenoxy) is 1. The number of hydrogen-bond donors (Lipinski definition) is 1. The fourth-order valence-corrected chi connectivity index (χ4v) is 3.90. The molecule has 0 aliphatic carbocycles. The molecule has 4 aromatic rings. The van der Waals surface area contributed by atoms with E-state index in [0.717, 1.165) is 26.8 Å². The topological polar surface area (TPSA) is 51.5 Å². The van der Waals surface area contributed by atoms with Crippen LogP contribution in [0, 0.1) is 0 Å². The first-order chi connectivity index (χ1) is 13.2. The van der Waals surface area contributed by atoms with Gasteiger partial charge in [-0.1, -0.05) is 36.4 Å². The first-order valence-corrected chi connectivity index (χ1v) is 9.55. The van der Waals surface area contributed by atoms with Gasteiger partial charge in [0.25, 0.3) is 0 Å². The maximum absolute atomic E-state index is 12.7. The largest absolute Gasteiger partial charge is 0.495 e. The average Bonchev–Trinajstić information content (AvgIpc) is 3.05. The Balaban J connectivity index is 1.62. The number of hydrogen-bond acceptors (Lipinski definition) is 4. The van der Waals surface area contributed by atoms with Crippen molar-refractivity contribution in [2.75, 3.05) is 12.4 Å². The van der Waals surface area contributed by atoms with E-state index < -0.39 is 0 Å². The lowest BCUT2D eigenvalue weighted by molar-refractivity contribution is -0.115. The standard InChI is InChI=1S/C22H19NO3S/c1-14(27-15-8-4-3-5-9-15)22(24)23-18-13-20-17(12-21(18)25-2)16-10-6-7-11-19(16)26-20/h3-14H,1-2H3,(H,23,24)/t14-/m1/s1. The number of carbonyl (C=O) groups is 1. The van der Waals surface area contributed by atoms with Crippen LogP contribution in [-0.2, 0) is 4.79 Å². The third-order valence-corrected chi connectivity index (χ3v) is 5.49. The van der Waals surface area contributed by atoms with Crippen LogP contribution in [0.2, 0.25) is 0 Å². The summed E-state index contributed by atoms with van der Waals surface area (Å²) in [4.78, 5) is 13.7. The zero-order chi connectivity index (χ0) is 18.8. The van der Waals surface area contributed by atoms with Crippen molar-refractivity contribution < 1.29 is 13.9 Å². The first-order valence-electron chi connectivity index (χ1n) is 8.67. The van der Waals surface area contributed by atoms with Crippen LogP contribution >= 0.6 is 11.8 Å². The number of amides is 1. The Bertz CT molecular complexity index is 1100. The van der Waals surface area contributed by atoms with Gasteiger partial charge in [-0.05, 0) is 31.2 Å². The Morgan fingerprint density at radius 2 is 1.74 bits per heavy atom. The van der Waals surface area contributed by atoms with Gasteiger partial charge in [0.15, 0.2) is 0 Å². The van der Waals surface area contributed by atoms with E-state index in [9.17, 15) is 4.79 Å². The molecule has 0 radical (unpaired) electrons. The maximum Gasteiger partial charge on any atom is 0.237 e. The third-order valence-electron chi connectivity index (χ3n) is 4.38. The van der Waals surface area contributed by atoms with E-state index in [1.54, 1.807) is 7.11 Å². The molecule has 0 unspecified atom stereocenters. The summed E-state index contributed by atoms with van der Waals surface area (Å²) in [6.07, 6.45) is 0. The molecule has 0 bridgehead atoms. The molecule has 4 rings (SSSR count). The van der Waals surface area contributed by atoms with Gasteiger partial charge in [0, 0.05) is 21.7 Å². The highest BCUT2D eigenvalue weighted by molar-refractivity contribution is 8.00. The second kappa shape index (κ2) is 7.37. The van der Waals surface area contributed by atoms with Crippen LogP contribution in [0.3, 0.4) is 0 Å². The summed E-state index contributed by atoms with van der Waals surface area (Å²) < 4.78 is 11.4. The molecule has 0 aliphatic heterocycles. The van der Waals surface area contributed by atoms with Gasteiger partial charge >= 0.3 is 0 Å². The van der Waals surface area contributed by atoms with Crippen LogP contribution in [0.5, 0.6) is 5.75 Å². The van der Waals surface area contributed by atoms with Crippen LogP contribution < -0.4 is 10.1 Å². The predicted octanol–water partition coefficient (Wildman–Crippen LogP) is 5.71. The minimum Gasteiger partial charge on any atom is -0.495 e. The number of rotatable bonds is 5. The number of fused-ring (bicyclic) bond motifs is 3. The highest BCUT2D eigenvalue weighted by Crippen LogP contribution is 2.36. The summed E-state index contributed by atoms with van der Waals surface area (Å²) in [6.45, 7) is 1.89. The highest BCUT2D eigenvalue weighted by Gasteiger charge is 2.18. The van der Waals surface area contributed by atoms with Crippen LogP contribution in [0.4, 0.5) is 5.69 Å². The van der Waals surface area contributed by atoms with Gasteiger partial charge in [-0.2, -0.15) is 0 Å². The van der Waals surface area contributed by atoms with Gasteiger partial charge in [0.1, 0.15) is 16.9 Å². The lowest BCUT2D eigenvalue weighted by Crippen LogP contribution is -2.22. The molecular weight excluding hydrogens is 358 g/mol. The van der Waals surface area contributed by atoms with Gasteiger partial charge in [-0.15, -0.1) is 11.8 Å². The fraction of sp³-hybridized carbons (Fsp3) is 0.136. The van der Waals surface area contributed by atoms with Crippen LogP contribution in [0.15, 0.2) is 76.0 Å². The molecular formula is C22H19NO3S. The summed E-state index contributed by atoms with van der Waals surface area (Å²) in [6, 6.07) is 21.5. The van der Waals surface area contributed by atoms with Crippen molar-refractivity contribution in [3.05, 3.63) is 66.7 Å². The molecule has 27 heavy (non-hydrogen) atoms. The SMILES string of the molecule is COc1cc2c(cc1NC(=O)[C@@H](C)Sc1ccccc1)oc1ccccc12.